The molecule has 0 aliphatic carbocycles. The van der Waals surface area contributed by atoms with Crippen LogP contribution >= 0.6 is 23.2 Å². The molecule has 0 N–H and O–H groups in total. The van der Waals surface area contributed by atoms with E-state index in [1.807, 2.05) is 54.3 Å². The molecule has 1 atom stereocenters. The smallest absolute Gasteiger partial charge is 0.259 e. The Bertz CT molecular complexity index is 1190. The Balaban J connectivity index is 1.57. The van der Waals surface area contributed by atoms with Crippen molar-refractivity contribution in [3.05, 3.63) is 85.8 Å². The molecule has 0 spiro atoms. The summed E-state index contributed by atoms with van der Waals surface area (Å²) in [4.78, 5) is 22.9. The van der Waals surface area contributed by atoms with Gasteiger partial charge >= 0.3 is 0 Å². The van der Waals surface area contributed by atoms with E-state index in [2.05, 4.69) is 4.90 Å². The highest BCUT2D eigenvalue weighted by Crippen LogP contribution is 2.32. The summed E-state index contributed by atoms with van der Waals surface area (Å²) in [6.45, 7) is 4.49. The molecule has 5 rings (SSSR count). The summed E-state index contributed by atoms with van der Waals surface area (Å²) in [7, 11) is 0. The Morgan fingerprint density at radius 2 is 1.85 bits per heavy atom. The quantitative estimate of drug-likeness (QED) is 0.510. The average molecular weight is 485 g/mol. The number of anilines is 2. The summed E-state index contributed by atoms with van der Waals surface area (Å²) in [5.41, 5.74) is 3.33. The van der Waals surface area contributed by atoms with Gasteiger partial charge < -0.3 is 4.74 Å². The van der Waals surface area contributed by atoms with Gasteiger partial charge in [-0.25, -0.2) is 4.98 Å². The van der Waals surface area contributed by atoms with Gasteiger partial charge in [-0.3, -0.25) is 19.2 Å². The number of ether oxygens (including phenoxy) is 1. The molecule has 1 saturated heterocycles. The number of halogens is 2. The number of nitrogens with zero attached hydrogens (tertiary/aromatic N) is 4. The Kier molecular flexibility index (Phi) is 6.43. The molecule has 172 valence electrons. The van der Waals surface area contributed by atoms with Crippen molar-refractivity contribution in [1.29, 1.82) is 0 Å². The van der Waals surface area contributed by atoms with Gasteiger partial charge in [0.25, 0.3) is 5.56 Å². The van der Waals surface area contributed by atoms with Crippen LogP contribution in [-0.2, 0) is 17.8 Å². The average Bonchev–Trinajstić information content (AvgIpc) is 3.30. The van der Waals surface area contributed by atoms with E-state index in [-0.39, 0.29) is 11.7 Å². The lowest BCUT2D eigenvalue weighted by molar-refractivity contribution is 0.0584. The molecule has 0 bridgehead atoms. The summed E-state index contributed by atoms with van der Waals surface area (Å²) in [5, 5.41) is 1.08. The fourth-order valence-electron chi connectivity index (χ4n) is 4.62. The topological polar surface area (TPSA) is 50.6 Å². The third-order valence-electron chi connectivity index (χ3n) is 6.24. The molecule has 2 aromatic carbocycles. The summed E-state index contributed by atoms with van der Waals surface area (Å²) in [5.74, 6) is 0.608. The molecule has 0 amide bonds. The Labute approximate surface area is 203 Å². The van der Waals surface area contributed by atoms with Crippen molar-refractivity contribution in [3.63, 3.8) is 0 Å². The van der Waals surface area contributed by atoms with E-state index in [1.165, 1.54) is 0 Å². The maximum atomic E-state index is 13.7. The Morgan fingerprint density at radius 1 is 1.09 bits per heavy atom. The van der Waals surface area contributed by atoms with Crippen molar-refractivity contribution in [3.8, 4) is 0 Å². The monoisotopic (exact) mass is 484 g/mol. The Hall–Kier alpha value is -2.38. The largest absolute Gasteiger partial charge is 0.377 e. The lowest BCUT2D eigenvalue weighted by Crippen LogP contribution is -2.50. The highest BCUT2D eigenvalue weighted by atomic mass is 35.5. The van der Waals surface area contributed by atoms with Gasteiger partial charge in [0.1, 0.15) is 0 Å². The molecule has 3 heterocycles. The third kappa shape index (κ3) is 4.80. The first-order valence-electron chi connectivity index (χ1n) is 11.2. The van der Waals surface area contributed by atoms with Crippen LogP contribution in [0.4, 0.5) is 11.6 Å². The normalized spacial score (nSPS) is 18.5. The van der Waals surface area contributed by atoms with Crippen LogP contribution in [0.15, 0.2) is 53.3 Å². The van der Waals surface area contributed by atoms with Crippen molar-refractivity contribution in [2.24, 2.45) is 0 Å². The van der Waals surface area contributed by atoms with Crippen LogP contribution < -0.4 is 10.5 Å². The van der Waals surface area contributed by atoms with E-state index >= 15 is 0 Å². The lowest BCUT2D eigenvalue weighted by Gasteiger charge is -2.39. The van der Waals surface area contributed by atoms with E-state index in [0.29, 0.717) is 41.3 Å². The fourth-order valence-corrected chi connectivity index (χ4v) is 5.13. The SMILES string of the molecule is Cc1nc2n(c(=O)c1Cc1ccccc1)CN(CC1CCCO1)CN2c1cc(Cl)cc(Cl)c1. The van der Waals surface area contributed by atoms with Gasteiger partial charge in [0.05, 0.1) is 25.1 Å². The zero-order chi connectivity index (χ0) is 22.9. The van der Waals surface area contributed by atoms with Gasteiger partial charge in [-0.2, -0.15) is 0 Å². The van der Waals surface area contributed by atoms with Crippen molar-refractivity contribution in [2.75, 3.05) is 24.7 Å². The lowest BCUT2D eigenvalue weighted by atomic mass is 10.1. The second-order valence-electron chi connectivity index (χ2n) is 8.70. The van der Waals surface area contributed by atoms with Crippen molar-refractivity contribution >= 4 is 34.8 Å². The predicted molar refractivity (Wildman–Crippen MR) is 132 cm³/mol. The van der Waals surface area contributed by atoms with Crippen LogP contribution in [0.3, 0.4) is 0 Å². The van der Waals surface area contributed by atoms with E-state index < -0.39 is 0 Å². The number of hydrogen-bond acceptors (Lipinski definition) is 5. The van der Waals surface area contributed by atoms with Crippen LogP contribution in [0.25, 0.3) is 0 Å². The zero-order valence-corrected chi connectivity index (χ0v) is 20.0. The van der Waals surface area contributed by atoms with Crippen LogP contribution in [0.2, 0.25) is 10.0 Å². The minimum Gasteiger partial charge on any atom is -0.377 e. The fraction of sp³-hybridized carbons (Fsp3) is 0.360. The number of hydrogen-bond donors (Lipinski definition) is 0. The summed E-state index contributed by atoms with van der Waals surface area (Å²) >= 11 is 12.6. The molecular formula is C25H26Cl2N4O2. The third-order valence-corrected chi connectivity index (χ3v) is 6.68. The van der Waals surface area contributed by atoms with Gasteiger partial charge in [-0.15, -0.1) is 0 Å². The van der Waals surface area contributed by atoms with Gasteiger partial charge in [0.2, 0.25) is 5.95 Å². The molecule has 1 aromatic heterocycles. The van der Waals surface area contributed by atoms with Crippen LogP contribution in [0.1, 0.15) is 29.7 Å². The summed E-state index contributed by atoms with van der Waals surface area (Å²) in [6, 6.07) is 15.4. The van der Waals surface area contributed by atoms with E-state index in [4.69, 9.17) is 32.9 Å². The van der Waals surface area contributed by atoms with Gasteiger partial charge in [-0.1, -0.05) is 53.5 Å². The highest BCUT2D eigenvalue weighted by molar-refractivity contribution is 6.35. The Morgan fingerprint density at radius 3 is 2.55 bits per heavy atom. The molecule has 8 heteroatoms. The van der Waals surface area contributed by atoms with Crippen molar-refractivity contribution < 1.29 is 4.74 Å². The molecule has 0 radical (unpaired) electrons. The molecule has 2 aliphatic heterocycles. The molecule has 6 nitrogen and oxygen atoms in total. The van der Waals surface area contributed by atoms with E-state index in [9.17, 15) is 4.79 Å². The van der Waals surface area contributed by atoms with Crippen LogP contribution in [0.5, 0.6) is 0 Å². The van der Waals surface area contributed by atoms with Crippen LogP contribution in [0, 0.1) is 6.92 Å². The number of fused-ring (bicyclic) bond motifs is 1. The molecular weight excluding hydrogens is 459 g/mol. The predicted octanol–water partition coefficient (Wildman–Crippen LogP) is 5.00. The highest BCUT2D eigenvalue weighted by Gasteiger charge is 2.30. The second kappa shape index (κ2) is 9.47. The number of benzene rings is 2. The molecule has 1 fully saturated rings. The number of aromatic nitrogens is 2. The molecule has 0 saturated carbocycles. The standard InChI is InChI=1S/C25H26Cl2N4O2/c1-17-23(10-18-6-3-2-4-7-18)24(32)31-16-29(14-22-8-5-9-33-22)15-30(25(31)28-17)21-12-19(26)11-20(27)13-21/h2-4,6-7,11-13,22H,5,8-10,14-16H2,1H3. The minimum absolute atomic E-state index is 0.0171. The number of aryl methyl sites for hydroxylation is 1. The maximum absolute atomic E-state index is 13.7. The van der Waals surface area contributed by atoms with Gasteiger partial charge in [-0.05, 0) is 43.5 Å². The first-order valence-corrected chi connectivity index (χ1v) is 12.0. The second-order valence-corrected chi connectivity index (χ2v) is 9.57. The van der Waals surface area contributed by atoms with Gasteiger partial charge in [0.15, 0.2) is 0 Å². The van der Waals surface area contributed by atoms with E-state index in [0.717, 1.165) is 42.9 Å². The molecule has 33 heavy (non-hydrogen) atoms. The maximum Gasteiger partial charge on any atom is 0.259 e. The van der Waals surface area contributed by atoms with Crippen molar-refractivity contribution in [1.82, 2.24) is 14.5 Å². The first-order chi connectivity index (χ1) is 16.0. The van der Waals surface area contributed by atoms with E-state index in [1.54, 1.807) is 10.6 Å². The molecule has 1 unspecified atom stereocenters. The first kappa shape index (κ1) is 22.4. The number of rotatable bonds is 5. The zero-order valence-electron chi connectivity index (χ0n) is 18.5. The van der Waals surface area contributed by atoms with Crippen molar-refractivity contribution in [2.45, 2.75) is 39.0 Å². The molecule has 3 aromatic rings. The van der Waals surface area contributed by atoms with Crippen LogP contribution in [-0.4, -0.2) is 40.4 Å². The molecule has 2 aliphatic rings. The van der Waals surface area contributed by atoms with Gasteiger partial charge in [0, 0.05) is 40.9 Å². The minimum atomic E-state index is -0.0171. The summed E-state index contributed by atoms with van der Waals surface area (Å²) in [6.07, 6.45) is 2.83. The summed E-state index contributed by atoms with van der Waals surface area (Å²) < 4.78 is 7.63.